The van der Waals surface area contributed by atoms with E-state index < -0.39 is 10.2 Å². The summed E-state index contributed by atoms with van der Waals surface area (Å²) >= 11 is 0. The third-order valence-corrected chi connectivity index (χ3v) is 4.25. The largest absolute Gasteiger partial charge is 0.279 e. The molecule has 0 aromatic rings. The zero-order valence-electron chi connectivity index (χ0n) is 9.07. The summed E-state index contributed by atoms with van der Waals surface area (Å²) in [6, 6.07) is -0.138. The van der Waals surface area contributed by atoms with E-state index in [2.05, 4.69) is 10.6 Å². The highest BCUT2D eigenvalue weighted by Gasteiger charge is 2.26. The van der Waals surface area contributed by atoms with Gasteiger partial charge in [0.25, 0.3) is 10.2 Å². The van der Waals surface area contributed by atoms with Crippen molar-refractivity contribution in [3.63, 3.8) is 0 Å². The number of hydrogen-bond acceptors (Lipinski definition) is 2. The van der Waals surface area contributed by atoms with Gasteiger partial charge < -0.3 is 0 Å². The lowest BCUT2D eigenvalue weighted by atomic mass is 10.2. The number of terminal acetylenes is 1. The van der Waals surface area contributed by atoms with Crippen molar-refractivity contribution < 1.29 is 8.42 Å². The first kappa shape index (κ1) is 12.5. The van der Waals surface area contributed by atoms with Crippen molar-refractivity contribution in [2.24, 2.45) is 0 Å². The van der Waals surface area contributed by atoms with Crippen molar-refractivity contribution >= 4 is 10.2 Å². The minimum absolute atomic E-state index is 0.138. The molecule has 0 aromatic heterocycles. The first-order chi connectivity index (χ1) is 7.10. The maximum Gasteiger partial charge on any atom is 0.279 e. The molecule has 4 nitrogen and oxygen atoms in total. The van der Waals surface area contributed by atoms with Crippen LogP contribution in [0.25, 0.3) is 0 Å². The minimum atomic E-state index is -3.31. The van der Waals surface area contributed by atoms with Crippen LogP contribution >= 0.6 is 0 Å². The maximum absolute atomic E-state index is 11.8. The molecule has 5 heteroatoms. The standard InChI is InChI=1S/C10H18N2O2S/c1-3-7-10(4-2)11-15(13,14)12-8-5-6-9-12/h1,10-11H,4-9H2,2H3. The molecular weight excluding hydrogens is 212 g/mol. The smallest absolute Gasteiger partial charge is 0.198 e. The monoisotopic (exact) mass is 230 g/mol. The highest BCUT2D eigenvalue weighted by Crippen LogP contribution is 2.12. The first-order valence-corrected chi connectivity index (χ1v) is 6.75. The normalized spacial score (nSPS) is 20.0. The molecule has 0 bridgehead atoms. The van der Waals surface area contributed by atoms with Gasteiger partial charge in [-0.2, -0.15) is 17.4 Å². The molecule has 15 heavy (non-hydrogen) atoms. The molecular formula is C10H18N2O2S. The Balaban J connectivity index is 2.58. The highest BCUT2D eigenvalue weighted by molar-refractivity contribution is 7.87. The van der Waals surface area contributed by atoms with E-state index in [1.165, 1.54) is 4.31 Å². The minimum Gasteiger partial charge on any atom is -0.198 e. The van der Waals surface area contributed by atoms with Gasteiger partial charge in [-0.1, -0.05) is 6.92 Å². The lowest BCUT2D eigenvalue weighted by molar-refractivity contribution is 0.449. The van der Waals surface area contributed by atoms with Gasteiger partial charge in [0.05, 0.1) is 0 Å². The van der Waals surface area contributed by atoms with Crippen LogP contribution in [0.3, 0.4) is 0 Å². The first-order valence-electron chi connectivity index (χ1n) is 5.31. The van der Waals surface area contributed by atoms with Gasteiger partial charge >= 0.3 is 0 Å². The molecule has 1 aliphatic heterocycles. The van der Waals surface area contributed by atoms with Gasteiger partial charge in [-0.25, -0.2) is 0 Å². The second-order valence-electron chi connectivity index (χ2n) is 3.74. The molecule has 86 valence electrons. The van der Waals surface area contributed by atoms with Crippen molar-refractivity contribution in [2.45, 2.75) is 38.6 Å². The zero-order chi connectivity index (χ0) is 11.3. The summed E-state index contributed by atoms with van der Waals surface area (Å²) < 4.78 is 27.8. The molecule has 0 saturated carbocycles. The van der Waals surface area contributed by atoms with E-state index in [-0.39, 0.29) is 6.04 Å². The second-order valence-corrected chi connectivity index (χ2v) is 5.44. The molecule has 1 N–H and O–H groups in total. The van der Waals surface area contributed by atoms with Gasteiger partial charge in [-0.15, -0.1) is 12.3 Å². The van der Waals surface area contributed by atoms with Crippen LogP contribution < -0.4 is 4.72 Å². The lowest BCUT2D eigenvalue weighted by Gasteiger charge is -2.20. The third kappa shape index (κ3) is 3.49. The van der Waals surface area contributed by atoms with Crippen LogP contribution in [-0.4, -0.2) is 31.9 Å². The van der Waals surface area contributed by atoms with E-state index in [1.54, 1.807) is 0 Å². The number of hydrogen-bond donors (Lipinski definition) is 1. The van der Waals surface area contributed by atoms with Crippen molar-refractivity contribution in [2.75, 3.05) is 13.1 Å². The van der Waals surface area contributed by atoms with Crippen LogP contribution in [0.5, 0.6) is 0 Å². The summed E-state index contributed by atoms with van der Waals surface area (Å²) in [7, 11) is -3.31. The topological polar surface area (TPSA) is 49.4 Å². The number of nitrogens with zero attached hydrogens (tertiary/aromatic N) is 1. The van der Waals surface area contributed by atoms with E-state index in [9.17, 15) is 8.42 Å². The van der Waals surface area contributed by atoms with Crippen LogP contribution in [0.2, 0.25) is 0 Å². The SMILES string of the molecule is C#CCC(CC)NS(=O)(=O)N1CCCC1. The molecule has 0 amide bonds. The van der Waals surface area contributed by atoms with Crippen molar-refractivity contribution in [1.29, 1.82) is 0 Å². The van der Waals surface area contributed by atoms with E-state index in [0.717, 1.165) is 19.3 Å². The molecule has 0 radical (unpaired) electrons. The summed E-state index contributed by atoms with van der Waals surface area (Å²) in [5, 5.41) is 0. The summed E-state index contributed by atoms with van der Waals surface area (Å²) in [6.45, 7) is 3.18. The average Bonchev–Trinajstić information content (AvgIpc) is 2.70. The van der Waals surface area contributed by atoms with Gasteiger partial charge in [0.2, 0.25) is 0 Å². The number of nitrogens with one attached hydrogen (secondary N) is 1. The molecule has 1 unspecified atom stereocenters. The van der Waals surface area contributed by atoms with Crippen LogP contribution in [-0.2, 0) is 10.2 Å². The second kappa shape index (κ2) is 5.50. The third-order valence-electron chi connectivity index (χ3n) is 2.58. The summed E-state index contributed by atoms with van der Waals surface area (Å²) in [6.07, 6.45) is 8.25. The van der Waals surface area contributed by atoms with Crippen molar-refractivity contribution in [1.82, 2.24) is 9.03 Å². The summed E-state index contributed by atoms with van der Waals surface area (Å²) in [5.41, 5.74) is 0. The Hall–Kier alpha value is -0.570. The van der Waals surface area contributed by atoms with Crippen LogP contribution in [0.1, 0.15) is 32.6 Å². The van der Waals surface area contributed by atoms with Crippen LogP contribution in [0.4, 0.5) is 0 Å². The molecule has 0 aromatic carbocycles. The maximum atomic E-state index is 11.8. The predicted molar refractivity (Wildman–Crippen MR) is 60.4 cm³/mol. The van der Waals surface area contributed by atoms with E-state index in [4.69, 9.17) is 6.42 Å². The van der Waals surface area contributed by atoms with Gasteiger partial charge in [0.15, 0.2) is 0 Å². The molecule has 0 aliphatic carbocycles. The molecule has 1 rings (SSSR count). The van der Waals surface area contributed by atoms with Crippen molar-refractivity contribution in [3.8, 4) is 12.3 Å². The van der Waals surface area contributed by atoms with E-state index >= 15 is 0 Å². The van der Waals surface area contributed by atoms with Gasteiger partial charge in [0.1, 0.15) is 0 Å². The quantitative estimate of drug-likeness (QED) is 0.707. The molecule has 1 saturated heterocycles. The Kier molecular flexibility index (Phi) is 4.58. The Morgan fingerprint density at radius 1 is 1.47 bits per heavy atom. The fraction of sp³-hybridized carbons (Fsp3) is 0.800. The average molecular weight is 230 g/mol. The van der Waals surface area contributed by atoms with E-state index in [1.807, 2.05) is 6.92 Å². The van der Waals surface area contributed by atoms with Gasteiger partial charge in [0, 0.05) is 25.6 Å². The zero-order valence-corrected chi connectivity index (χ0v) is 9.89. The molecule has 0 spiro atoms. The molecule has 1 atom stereocenters. The Labute approximate surface area is 92.2 Å². The fourth-order valence-electron chi connectivity index (χ4n) is 1.63. The van der Waals surface area contributed by atoms with Gasteiger partial charge in [-0.3, -0.25) is 0 Å². The Morgan fingerprint density at radius 3 is 2.53 bits per heavy atom. The van der Waals surface area contributed by atoms with Gasteiger partial charge in [-0.05, 0) is 19.3 Å². The fourth-order valence-corrected chi connectivity index (χ4v) is 3.18. The molecule has 1 aliphatic rings. The Bertz CT molecular complexity index is 326. The predicted octanol–water partition coefficient (Wildman–Crippen LogP) is 0.718. The summed E-state index contributed by atoms with van der Waals surface area (Å²) in [5.74, 6) is 2.49. The highest BCUT2D eigenvalue weighted by atomic mass is 32.2. The lowest BCUT2D eigenvalue weighted by Crippen LogP contribution is -2.43. The van der Waals surface area contributed by atoms with E-state index in [0.29, 0.717) is 19.5 Å². The number of rotatable bonds is 5. The summed E-state index contributed by atoms with van der Waals surface area (Å²) in [4.78, 5) is 0. The molecule has 1 fully saturated rings. The Morgan fingerprint density at radius 2 is 2.07 bits per heavy atom. The van der Waals surface area contributed by atoms with Crippen molar-refractivity contribution in [3.05, 3.63) is 0 Å². The van der Waals surface area contributed by atoms with Crippen LogP contribution in [0, 0.1) is 12.3 Å². The molecule has 1 heterocycles. The van der Waals surface area contributed by atoms with Crippen LogP contribution in [0.15, 0.2) is 0 Å².